The molecule has 0 amide bonds. The topological polar surface area (TPSA) is 0 Å². The first-order chi connectivity index (χ1) is 5.20. The van der Waals surface area contributed by atoms with Gasteiger partial charge in [-0.15, -0.1) is 12.3 Å². The van der Waals surface area contributed by atoms with E-state index >= 15 is 0 Å². The lowest BCUT2D eigenvalue weighted by Crippen LogP contribution is -1.94. The zero-order valence-electron chi connectivity index (χ0n) is 7.43. The molecule has 0 nitrogen and oxygen atoms in total. The Morgan fingerprint density at radius 3 is 2.82 bits per heavy atom. The van der Waals surface area contributed by atoms with E-state index in [-0.39, 0.29) is 0 Å². The Bertz CT molecular complexity index is 206. The Hall–Kier alpha value is -0.740. The van der Waals surface area contributed by atoms with Crippen molar-refractivity contribution < 1.29 is 0 Å². The minimum atomic E-state index is 0.656. The highest BCUT2D eigenvalue weighted by Crippen LogP contribution is 2.48. The van der Waals surface area contributed by atoms with E-state index in [4.69, 9.17) is 0 Å². The minimum Gasteiger partial charge on any atom is -0.130 e. The van der Waals surface area contributed by atoms with Gasteiger partial charge >= 0.3 is 0 Å². The summed E-state index contributed by atoms with van der Waals surface area (Å²) < 4.78 is 0. The average molecular weight is 148 g/mol. The molecule has 3 atom stereocenters. The monoisotopic (exact) mass is 148 g/mol. The summed E-state index contributed by atoms with van der Waals surface area (Å²) in [5.74, 6) is 2.23. The summed E-state index contributed by atoms with van der Waals surface area (Å²) in [7, 11) is 0. The van der Waals surface area contributed by atoms with Gasteiger partial charge in [0.2, 0.25) is 0 Å². The Labute approximate surface area is 69.3 Å². The third-order valence-electron chi connectivity index (χ3n) is 2.72. The Kier molecular flexibility index (Phi) is 2.36. The SMILES string of the molecule is C=C=C(C)C1CC1C(C)C=C. The lowest BCUT2D eigenvalue weighted by molar-refractivity contribution is 0.595. The molecule has 11 heavy (non-hydrogen) atoms. The zero-order valence-corrected chi connectivity index (χ0v) is 7.43. The summed E-state index contributed by atoms with van der Waals surface area (Å²) in [6.07, 6.45) is 3.35. The summed E-state index contributed by atoms with van der Waals surface area (Å²) in [6, 6.07) is 0. The molecule has 0 aromatic heterocycles. The molecule has 1 fully saturated rings. The van der Waals surface area contributed by atoms with Crippen LogP contribution in [0.15, 0.2) is 30.5 Å². The van der Waals surface area contributed by atoms with Crippen LogP contribution in [0.25, 0.3) is 0 Å². The van der Waals surface area contributed by atoms with Gasteiger partial charge in [0, 0.05) is 0 Å². The van der Waals surface area contributed by atoms with Crippen LogP contribution in [0.5, 0.6) is 0 Å². The largest absolute Gasteiger partial charge is 0.130 e. The summed E-state index contributed by atoms with van der Waals surface area (Å²) in [4.78, 5) is 0. The molecule has 3 unspecified atom stereocenters. The molecule has 0 aliphatic heterocycles. The van der Waals surface area contributed by atoms with Crippen molar-refractivity contribution in [2.45, 2.75) is 20.3 Å². The van der Waals surface area contributed by atoms with Crippen molar-refractivity contribution in [3.8, 4) is 0 Å². The highest BCUT2D eigenvalue weighted by Gasteiger charge is 2.40. The molecule has 60 valence electrons. The number of hydrogen-bond acceptors (Lipinski definition) is 0. The second kappa shape index (κ2) is 3.11. The third-order valence-corrected chi connectivity index (χ3v) is 2.72. The van der Waals surface area contributed by atoms with Crippen LogP contribution in [-0.4, -0.2) is 0 Å². The van der Waals surface area contributed by atoms with E-state index in [1.807, 2.05) is 6.08 Å². The molecular weight excluding hydrogens is 132 g/mol. The Morgan fingerprint density at radius 1 is 1.73 bits per heavy atom. The smallest absolute Gasteiger partial charge is 0.00930 e. The molecule has 0 spiro atoms. The van der Waals surface area contributed by atoms with E-state index in [1.165, 1.54) is 12.0 Å². The van der Waals surface area contributed by atoms with Crippen molar-refractivity contribution >= 4 is 0 Å². The second-order valence-corrected chi connectivity index (χ2v) is 3.46. The van der Waals surface area contributed by atoms with E-state index in [0.29, 0.717) is 5.92 Å². The highest BCUT2D eigenvalue weighted by atomic mass is 14.4. The van der Waals surface area contributed by atoms with Crippen LogP contribution in [0.3, 0.4) is 0 Å². The second-order valence-electron chi connectivity index (χ2n) is 3.46. The van der Waals surface area contributed by atoms with Crippen LogP contribution < -0.4 is 0 Å². The predicted octanol–water partition coefficient (Wildman–Crippen LogP) is 3.18. The molecule has 1 rings (SSSR count). The van der Waals surface area contributed by atoms with Crippen molar-refractivity contribution in [2.75, 3.05) is 0 Å². The summed E-state index contributed by atoms with van der Waals surface area (Å²) in [6.45, 7) is 11.8. The van der Waals surface area contributed by atoms with E-state index in [0.717, 1.165) is 11.8 Å². The molecule has 0 aromatic rings. The molecule has 0 radical (unpaired) electrons. The summed E-state index contributed by atoms with van der Waals surface area (Å²) in [5.41, 5.74) is 4.29. The highest BCUT2D eigenvalue weighted by molar-refractivity contribution is 5.13. The van der Waals surface area contributed by atoms with Gasteiger partial charge in [0.05, 0.1) is 0 Å². The van der Waals surface area contributed by atoms with Gasteiger partial charge in [0.1, 0.15) is 0 Å². The van der Waals surface area contributed by atoms with Crippen LogP contribution >= 0.6 is 0 Å². The molecule has 1 saturated carbocycles. The van der Waals surface area contributed by atoms with Gasteiger partial charge in [-0.3, -0.25) is 0 Å². The minimum absolute atomic E-state index is 0.656. The van der Waals surface area contributed by atoms with Gasteiger partial charge < -0.3 is 0 Å². The van der Waals surface area contributed by atoms with E-state index < -0.39 is 0 Å². The van der Waals surface area contributed by atoms with Crippen molar-refractivity contribution in [1.82, 2.24) is 0 Å². The van der Waals surface area contributed by atoms with Crippen LogP contribution in [0, 0.1) is 17.8 Å². The maximum Gasteiger partial charge on any atom is -0.00930 e. The fourth-order valence-electron chi connectivity index (χ4n) is 1.60. The maximum atomic E-state index is 3.80. The average Bonchev–Trinajstić information content (AvgIpc) is 2.80. The fourth-order valence-corrected chi connectivity index (χ4v) is 1.60. The first kappa shape index (κ1) is 8.36. The number of rotatable bonds is 3. The molecule has 0 N–H and O–H groups in total. The van der Waals surface area contributed by atoms with Gasteiger partial charge in [0.25, 0.3) is 0 Å². The third kappa shape index (κ3) is 1.64. The van der Waals surface area contributed by atoms with E-state index in [9.17, 15) is 0 Å². The number of allylic oxidation sites excluding steroid dienone is 2. The fraction of sp³-hybridized carbons (Fsp3) is 0.545. The zero-order chi connectivity index (χ0) is 8.43. The van der Waals surface area contributed by atoms with Crippen LogP contribution in [-0.2, 0) is 0 Å². The van der Waals surface area contributed by atoms with Gasteiger partial charge in [-0.25, -0.2) is 0 Å². The molecule has 0 heteroatoms. The standard InChI is InChI=1S/C11H16/c1-5-8(3)10-7-11(10)9(4)6-2/h5,8,10-11H,1-2,7H2,3-4H3. The van der Waals surface area contributed by atoms with E-state index in [1.54, 1.807) is 0 Å². The lowest BCUT2D eigenvalue weighted by Gasteiger charge is -2.02. The molecular formula is C11H16. The Balaban J connectivity index is 2.49. The summed E-state index contributed by atoms with van der Waals surface area (Å²) >= 11 is 0. The van der Waals surface area contributed by atoms with Gasteiger partial charge in [0.15, 0.2) is 0 Å². The maximum absolute atomic E-state index is 3.80. The first-order valence-electron chi connectivity index (χ1n) is 4.19. The molecule has 0 bridgehead atoms. The lowest BCUT2D eigenvalue weighted by atomic mass is 10.0. The molecule has 0 saturated heterocycles. The van der Waals surface area contributed by atoms with Crippen LogP contribution in [0.1, 0.15) is 20.3 Å². The molecule has 1 aliphatic carbocycles. The quantitative estimate of drug-likeness (QED) is 0.426. The van der Waals surface area contributed by atoms with Crippen LogP contribution in [0.2, 0.25) is 0 Å². The van der Waals surface area contributed by atoms with Crippen molar-refractivity contribution in [1.29, 1.82) is 0 Å². The van der Waals surface area contributed by atoms with Crippen molar-refractivity contribution in [3.05, 3.63) is 30.5 Å². The molecule has 0 heterocycles. The molecule has 0 aromatic carbocycles. The van der Waals surface area contributed by atoms with E-state index in [2.05, 4.69) is 32.7 Å². The van der Waals surface area contributed by atoms with Crippen LogP contribution in [0.4, 0.5) is 0 Å². The van der Waals surface area contributed by atoms with Crippen molar-refractivity contribution in [3.63, 3.8) is 0 Å². The Morgan fingerprint density at radius 2 is 2.36 bits per heavy atom. The van der Waals surface area contributed by atoms with Gasteiger partial charge in [-0.1, -0.05) is 19.6 Å². The first-order valence-corrected chi connectivity index (χ1v) is 4.19. The number of hydrogen-bond donors (Lipinski definition) is 0. The van der Waals surface area contributed by atoms with Crippen molar-refractivity contribution in [2.24, 2.45) is 17.8 Å². The van der Waals surface area contributed by atoms with Gasteiger partial charge in [-0.2, -0.15) is 0 Å². The normalized spacial score (nSPS) is 30.4. The molecule has 1 aliphatic rings. The van der Waals surface area contributed by atoms with Gasteiger partial charge in [-0.05, 0) is 36.7 Å². The summed E-state index contributed by atoms with van der Waals surface area (Å²) in [5, 5.41) is 0. The predicted molar refractivity (Wildman–Crippen MR) is 49.3 cm³/mol.